The van der Waals surface area contributed by atoms with Gasteiger partial charge in [0.25, 0.3) is 0 Å². The molecule has 4 nitrogen and oxygen atoms in total. The zero-order chi connectivity index (χ0) is 13.5. The van der Waals surface area contributed by atoms with Crippen LogP contribution in [0.2, 0.25) is 0 Å². The van der Waals surface area contributed by atoms with E-state index in [0.29, 0.717) is 0 Å². The molecule has 0 saturated carbocycles. The molecule has 0 bridgehead atoms. The average Bonchev–Trinajstić information content (AvgIpc) is 2.39. The molecule has 2 heterocycles. The summed E-state index contributed by atoms with van der Waals surface area (Å²) in [6.07, 6.45) is 1.80. The van der Waals surface area contributed by atoms with Gasteiger partial charge in [-0.15, -0.1) is 0 Å². The van der Waals surface area contributed by atoms with Crippen molar-refractivity contribution in [1.82, 2.24) is 4.98 Å². The lowest BCUT2D eigenvalue weighted by atomic mass is 10.0. The Labute approximate surface area is 112 Å². The van der Waals surface area contributed by atoms with E-state index in [2.05, 4.69) is 23.7 Å². The van der Waals surface area contributed by atoms with Crippen LogP contribution in [-0.4, -0.2) is 17.1 Å². The van der Waals surface area contributed by atoms with E-state index in [4.69, 9.17) is 10.5 Å². The smallest absolute Gasteiger partial charge is 0.144 e. The highest BCUT2D eigenvalue weighted by Crippen LogP contribution is 2.41. The first kappa shape index (κ1) is 11.8. The first-order valence-corrected chi connectivity index (χ1v) is 6.32. The molecule has 0 atom stereocenters. The highest BCUT2D eigenvalue weighted by Gasteiger charge is 2.32. The molecule has 0 aliphatic carbocycles. The highest BCUT2D eigenvalue weighted by molar-refractivity contribution is 5.72. The van der Waals surface area contributed by atoms with Gasteiger partial charge in [-0.1, -0.05) is 6.07 Å². The second-order valence-corrected chi connectivity index (χ2v) is 5.36. The minimum atomic E-state index is -0.263. The summed E-state index contributed by atoms with van der Waals surface area (Å²) in [7, 11) is 0. The van der Waals surface area contributed by atoms with Crippen LogP contribution in [0.25, 0.3) is 0 Å². The number of anilines is 3. The van der Waals surface area contributed by atoms with E-state index in [1.54, 1.807) is 6.20 Å². The first-order valence-electron chi connectivity index (χ1n) is 6.32. The number of nitrogens with zero attached hydrogens (tertiary/aromatic N) is 2. The molecule has 19 heavy (non-hydrogen) atoms. The number of ether oxygens (including phenoxy) is 1. The third-order valence-corrected chi connectivity index (χ3v) is 3.12. The van der Waals surface area contributed by atoms with Crippen molar-refractivity contribution in [2.24, 2.45) is 0 Å². The maximum Gasteiger partial charge on any atom is 0.144 e. The summed E-state index contributed by atoms with van der Waals surface area (Å²) < 4.78 is 6.00. The quantitative estimate of drug-likeness (QED) is 0.796. The number of aromatic nitrogens is 1. The zero-order valence-electron chi connectivity index (χ0n) is 11.1. The lowest BCUT2D eigenvalue weighted by molar-refractivity contribution is 0.109. The Morgan fingerprint density at radius 1 is 1.26 bits per heavy atom. The van der Waals surface area contributed by atoms with E-state index in [-0.39, 0.29) is 5.60 Å². The van der Waals surface area contributed by atoms with Crippen LogP contribution in [0, 0.1) is 0 Å². The Bertz CT molecular complexity index is 596. The van der Waals surface area contributed by atoms with Crippen molar-refractivity contribution in [2.45, 2.75) is 19.4 Å². The summed E-state index contributed by atoms with van der Waals surface area (Å²) in [5.41, 5.74) is 7.32. The SMILES string of the molecule is CC1(C)CN(c2ccccn2)c2cc(N)ccc2O1. The van der Waals surface area contributed by atoms with Gasteiger partial charge < -0.3 is 15.4 Å². The topological polar surface area (TPSA) is 51.4 Å². The van der Waals surface area contributed by atoms with Crippen molar-refractivity contribution >= 4 is 17.2 Å². The Hall–Kier alpha value is -2.23. The van der Waals surface area contributed by atoms with Gasteiger partial charge in [0, 0.05) is 11.9 Å². The monoisotopic (exact) mass is 255 g/mol. The van der Waals surface area contributed by atoms with Gasteiger partial charge in [0.15, 0.2) is 0 Å². The summed E-state index contributed by atoms with van der Waals surface area (Å²) in [6.45, 7) is 4.88. The van der Waals surface area contributed by atoms with Gasteiger partial charge in [-0.3, -0.25) is 0 Å². The molecule has 2 N–H and O–H groups in total. The van der Waals surface area contributed by atoms with Crippen LogP contribution in [0.3, 0.4) is 0 Å². The van der Waals surface area contributed by atoms with Crippen LogP contribution in [0.1, 0.15) is 13.8 Å². The molecular formula is C15H17N3O. The number of hydrogen-bond acceptors (Lipinski definition) is 4. The van der Waals surface area contributed by atoms with Gasteiger partial charge in [0.05, 0.1) is 12.2 Å². The summed E-state index contributed by atoms with van der Waals surface area (Å²) in [5, 5.41) is 0. The van der Waals surface area contributed by atoms with Crippen LogP contribution in [0.15, 0.2) is 42.6 Å². The fraction of sp³-hybridized carbons (Fsp3) is 0.267. The van der Waals surface area contributed by atoms with Crippen LogP contribution in [0.5, 0.6) is 5.75 Å². The highest BCUT2D eigenvalue weighted by atomic mass is 16.5. The second-order valence-electron chi connectivity index (χ2n) is 5.36. The van der Waals surface area contributed by atoms with E-state index in [1.807, 2.05) is 36.4 Å². The number of nitrogens with two attached hydrogens (primary N) is 1. The molecule has 0 saturated heterocycles. The molecule has 0 amide bonds. The molecule has 1 aromatic carbocycles. The summed E-state index contributed by atoms with van der Waals surface area (Å²) in [6, 6.07) is 11.6. The Morgan fingerprint density at radius 3 is 2.84 bits per heavy atom. The summed E-state index contributed by atoms with van der Waals surface area (Å²) in [4.78, 5) is 6.57. The van der Waals surface area contributed by atoms with Crippen LogP contribution < -0.4 is 15.4 Å². The van der Waals surface area contributed by atoms with E-state index in [0.717, 1.165) is 29.5 Å². The summed E-state index contributed by atoms with van der Waals surface area (Å²) >= 11 is 0. The predicted molar refractivity (Wildman–Crippen MR) is 76.8 cm³/mol. The van der Waals surface area contributed by atoms with Crippen molar-refractivity contribution in [3.63, 3.8) is 0 Å². The third-order valence-electron chi connectivity index (χ3n) is 3.12. The maximum atomic E-state index is 6.00. The molecule has 98 valence electrons. The summed E-state index contributed by atoms with van der Waals surface area (Å²) in [5.74, 6) is 1.75. The predicted octanol–water partition coefficient (Wildman–Crippen LogP) is 2.97. The fourth-order valence-corrected chi connectivity index (χ4v) is 2.35. The van der Waals surface area contributed by atoms with Crippen LogP contribution in [0.4, 0.5) is 17.2 Å². The van der Waals surface area contributed by atoms with Gasteiger partial charge in [0.1, 0.15) is 17.2 Å². The number of pyridine rings is 1. The average molecular weight is 255 g/mol. The molecule has 1 aliphatic heterocycles. The Kier molecular flexibility index (Phi) is 2.59. The molecule has 3 rings (SSSR count). The van der Waals surface area contributed by atoms with E-state index < -0.39 is 0 Å². The Morgan fingerprint density at radius 2 is 2.11 bits per heavy atom. The molecule has 4 heteroatoms. The Balaban J connectivity index is 2.12. The van der Waals surface area contributed by atoms with Crippen molar-refractivity contribution < 1.29 is 4.74 Å². The molecule has 0 fully saturated rings. The minimum absolute atomic E-state index is 0.263. The second kappa shape index (κ2) is 4.16. The molecule has 0 radical (unpaired) electrons. The maximum absolute atomic E-state index is 6.00. The van der Waals surface area contributed by atoms with E-state index >= 15 is 0 Å². The van der Waals surface area contributed by atoms with Gasteiger partial charge >= 0.3 is 0 Å². The zero-order valence-corrected chi connectivity index (χ0v) is 11.1. The van der Waals surface area contributed by atoms with Crippen LogP contribution in [-0.2, 0) is 0 Å². The number of rotatable bonds is 1. The lowest BCUT2D eigenvalue weighted by Crippen LogP contribution is -2.45. The molecule has 0 unspecified atom stereocenters. The number of hydrogen-bond donors (Lipinski definition) is 1. The molecule has 2 aromatic rings. The molecular weight excluding hydrogens is 238 g/mol. The molecule has 1 aromatic heterocycles. The lowest BCUT2D eigenvalue weighted by Gasteiger charge is -2.40. The fourth-order valence-electron chi connectivity index (χ4n) is 2.35. The van der Waals surface area contributed by atoms with Gasteiger partial charge in [-0.2, -0.15) is 0 Å². The van der Waals surface area contributed by atoms with Crippen molar-refractivity contribution in [3.8, 4) is 5.75 Å². The number of fused-ring (bicyclic) bond motifs is 1. The van der Waals surface area contributed by atoms with Crippen molar-refractivity contribution in [1.29, 1.82) is 0 Å². The standard InChI is InChI=1S/C15H17N3O/c1-15(2)10-18(14-5-3-4-8-17-14)12-9-11(16)6-7-13(12)19-15/h3-9H,10,16H2,1-2H3. The molecule has 0 spiro atoms. The first-order chi connectivity index (χ1) is 9.05. The number of benzene rings is 1. The van der Waals surface area contributed by atoms with Crippen LogP contribution >= 0.6 is 0 Å². The van der Waals surface area contributed by atoms with E-state index in [9.17, 15) is 0 Å². The van der Waals surface area contributed by atoms with Gasteiger partial charge in [-0.05, 0) is 44.2 Å². The van der Waals surface area contributed by atoms with Crippen molar-refractivity contribution in [2.75, 3.05) is 17.2 Å². The van der Waals surface area contributed by atoms with Gasteiger partial charge in [0.2, 0.25) is 0 Å². The number of nitrogen functional groups attached to an aromatic ring is 1. The molecule has 1 aliphatic rings. The van der Waals surface area contributed by atoms with Crippen molar-refractivity contribution in [3.05, 3.63) is 42.6 Å². The van der Waals surface area contributed by atoms with E-state index in [1.165, 1.54) is 0 Å². The minimum Gasteiger partial charge on any atom is -0.484 e. The largest absolute Gasteiger partial charge is 0.484 e. The van der Waals surface area contributed by atoms with Gasteiger partial charge in [-0.25, -0.2) is 4.98 Å². The normalized spacial score (nSPS) is 16.6. The third kappa shape index (κ3) is 2.21.